The quantitative estimate of drug-likeness (QED) is 0.585. The van der Waals surface area contributed by atoms with E-state index in [9.17, 15) is 18.4 Å². The van der Waals surface area contributed by atoms with Crippen LogP contribution in [0.4, 0.5) is 13.8 Å². The Morgan fingerprint density at radius 3 is 2.80 bits per heavy atom. The number of benzene rings is 1. The van der Waals surface area contributed by atoms with Gasteiger partial charge < -0.3 is 10.1 Å². The molecule has 5 nitrogen and oxygen atoms in total. The summed E-state index contributed by atoms with van der Waals surface area (Å²) in [7, 11) is 0. The van der Waals surface area contributed by atoms with Gasteiger partial charge in [-0.05, 0) is 29.6 Å². The number of carbonyl (C=O) groups excluding carboxylic acids is 2. The minimum Gasteiger partial charge on any atom is -0.456 e. The van der Waals surface area contributed by atoms with Gasteiger partial charge in [0.05, 0.1) is 12.0 Å². The van der Waals surface area contributed by atoms with Gasteiger partial charge in [0.2, 0.25) is 0 Å². The lowest BCUT2D eigenvalue weighted by atomic mass is 10.3. The normalized spacial score (nSPS) is 10.1. The van der Waals surface area contributed by atoms with Crippen LogP contribution in [0.25, 0.3) is 0 Å². The summed E-state index contributed by atoms with van der Waals surface area (Å²) in [5.74, 6) is -2.71. The van der Waals surface area contributed by atoms with Crippen LogP contribution in [0.1, 0.15) is 12.0 Å². The second-order valence-corrected chi connectivity index (χ2v) is 6.74. The molecule has 1 heterocycles. The van der Waals surface area contributed by atoms with Crippen LogP contribution < -0.4 is 5.32 Å². The molecular formula is C16H12F2N2O3S2. The molecule has 0 saturated carbocycles. The highest BCUT2D eigenvalue weighted by Crippen LogP contribution is 2.22. The predicted molar refractivity (Wildman–Crippen MR) is 90.3 cm³/mol. The zero-order chi connectivity index (χ0) is 18.2. The van der Waals surface area contributed by atoms with Gasteiger partial charge in [0.1, 0.15) is 11.1 Å². The van der Waals surface area contributed by atoms with E-state index >= 15 is 0 Å². The van der Waals surface area contributed by atoms with E-state index in [1.165, 1.54) is 29.2 Å². The first-order valence-corrected chi connectivity index (χ1v) is 8.87. The standard InChI is InChI=1S/C16H12F2N2O3S2/c17-12-2-1-11(7-13(12)18)24-6-4-15(22)23-9-14(21)20-16-10(8-19)3-5-25-16/h1-3,5,7H,4,6,9H2,(H,20,21). The van der Waals surface area contributed by atoms with Crippen molar-refractivity contribution in [1.82, 2.24) is 0 Å². The minimum absolute atomic E-state index is 0.0133. The van der Waals surface area contributed by atoms with Gasteiger partial charge in [0.25, 0.3) is 5.91 Å². The van der Waals surface area contributed by atoms with Crippen LogP contribution in [-0.4, -0.2) is 24.2 Å². The first kappa shape index (κ1) is 18.9. The van der Waals surface area contributed by atoms with Crippen LogP contribution in [0.5, 0.6) is 0 Å². The van der Waals surface area contributed by atoms with Crippen molar-refractivity contribution in [2.24, 2.45) is 0 Å². The van der Waals surface area contributed by atoms with E-state index in [4.69, 9.17) is 10.00 Å². The van der Waals surface area contributed by atoms with Crippen molar-refractivity contribution < 1.29 is 23.1 Å². The molecule has 0 aliphatic carbocycles. The molecule has 0 spiro atoms. The number of thiophene rings is 1. The molecule has 1 aromatic carbocycles. The molecule has 9 heteroatoms. The van der Waals surface area contributed by atoms with Crippen molar-refractivity contribution in [2.75, 3.05) is 17.7 Å². The molecule has 0 aliphatic heterocycles. The Morgan fingerprint density at radius 2 is 2.08 bits per heavy atom. The fraction of sp³-hybridized carbons (Fsp3) is 0.188. The van der Waals surface area contributed by atoms with Gasteiger partial charge in [-0.2, -0.15) is 5.26 Å². The smallest absolute Gasteiger partial charge is 0.307 e. The van der Waals surface area contributed by atoms with Crippen LogP contribution in [0.3, 0.4) is 0 Å². The molecule has 0 unspecified atom stereocenters. The summed E-state index contributed by atoms with van der Waals surface area (Å²) in [4.78, 5) is 23.8. The molecule has 0 fully saturated rings. The molecule has 130 valence electrons. The molecule has 0 bridgehead atoms. The largest absolute Gasteiger partial charge is 0.456 e. The van der Waals surface area contributed by atoms with Crippen molar-refractivity contribution in [3.05, 3.63) is 46.8 Å². The number of thioether (sulfide) groups is 1. The number of hydrogen-bond donors (Lipinski definition) is 1. The van der Waals surface area contributed by atoms with Gasteiger partial charge in [-0.25, -0.2) is 8.78 Å². The zero-order valence-corrected chi connectivity index (χ0v) is 14.4. The molecule has 2 aromatic rings. The van der Waals surface area contributed by atoms with Crippen molar-refractivity contribution in [3.8, 4) is 6.07 Å². The number of esters is 1. The molecule has 25 heavy (non-hydrogen) atoms. The average Bonchev–Trinajstić information content (AvgIpc) is 3.03. The number of anilines is 1. The number of hydrogen-bond acceptors (Lipinski definition) is 6. The lowest BCUT2D eigenvalue weighted by Gasteiger charge is -2.06. The van der Waals surface area contributed by atoms with E-state index in [1.807, 2.05) is 6.07 Å². The summed E-state index contributed by atoms with van der Waals surface area (Å²) < 4.78 is 30.7. The predicted octanol–water partition coefficient (Wildman–Crippen LogP) is 3.56. The van der Waals surface area contributed by atoms with E-state index in [0.29, 0.717) is 21.2 Å². The first-order valence-electron chi connectivity index (χ1n) is 7.00. The van der Waals surface area contributed by atoms with Gasteiger partial charge >= 0.3 is 5.97 Å². The second-order valence-electron chi connectivity index (χ2n) is 4.66. The Bertz CT molecular complexity index is 818. The van der Waals surface area contributed by atoms with E-state index in [-0.39, 0.29) is 6.42 Å². The van der Waals surface area contributed by atoms with E-state index < -0.39 is 30.1 Å². The number of halogens is 2. The summed E-state index contributed by atoms with van der Waals surface area (Å²) in [5.41, 5.74) is 0.340. The number of carbonyl (C=O) groups is 2. The maximum absolute atomic E-state index is 13.0. The number of rotatable bonds is 7. The van der Waals surface area contributed by atoms with Gasteiger partial charge in [0.15, 0.2) is 18.2 Å². The molecule has 1 aromatic heterocycles. The third kappa shape index (κ3) is 5.85. The number of nitrogens with one attached hydrogen (secondary N) is 1. The average molecular weight is 382 g/mol. The molecule has 1 amide bonds. The Morgan fingerprint density at radius 1 is 1.28 bits per heavy atom. The van der Waals surface area contributed by atoms with E-state index in [2.05, 4.69) is 5.32 Å². The third-order valence-corrected chi connectivity index (χ3v) is 4.69. The summed E-state index contributed by atoms with van der Waals surface area (Å²) in [6.07, 6.45) is 0.0133. The number of ether oxygens (including phenoxy) is 1. The van der Waals surface area contributed by atoms with Gasteiger partial charge in [-0.3, -0.25) is 9.59 Å². The van der Waals surface area contributed by atoms with Crippen molar-refractivity contribution >= 4 is 40.0 Å². The Labute approximate surface area is 150 Å². The third-order valence-electron chi connectivity index (χ3n) is 2.87. The van der Waals surface area contributed by atoms with Crippen LogP contribution in [-0.2, 0) is 14.3 Å². The molecule has 0 radical (unpaired) electrons. The van der Waals surface area contributed by atoms with Gasteiger partial charge in [-0.1, -0.05) is 0 Å². The lowest BCUT2D eigenvalue weighted by molar-refractivity contribution is -0.146. The van der Waals surface area contributed by atoms with Crippen molar-refractivity contribution in [1.29, 1.82) is 5.26 Å². The lowest BCUT2D eigenvalue weighted by Crippen LogP contribution is -2.20. The molecule has 1 N–H and O–H groups in total. The highest BCUT2D eigenvalue weighted by Gasteiger charge is 2.11. The Kier molecular flexibility index (Phi) is 6.91. The topological polar surface area (TPSA) is 79.2 Å². The first-order chi connectivity index (χ1) is 12.0. The zero-order valence-electron chi connectivity index (χ0n) is 12.8. The summed E-state index contributed by atoms with van der Waals surface area (Å²) in [6, 6.07) is 6.98. The van der Waals surface area contributed by atoms with Crippen LogP contribution >= 0.6 is 23.1 Å². The fourth-order valence-electron chi connectivity index (χ4n) is 1.69. The number of nitrogens with zero attached hydrogens (tertiary/aromatic N) is 1. The van der Waals surface area contributed by atoms with Crippen molar-refractivity contribution in [3.63, 3.8) is 0 Å². The highest BCUT2D eigenvalue weighted by atomic mass is 32.2. The van der Waals surface area contributed by atoms with Gasteiger partial charge in [-0.15, -0.1) is 23.1 Å². The molecule has 2 rings (SSSR count). The van der Waals surface area contributed by atoms with Crippen molar-refractivity contribution in [2.45, 2.75) is 11.3 Å². The number of nitriles is 1. The molecule has 0 atom stereocenters. The molecular weight excluding hydrogens is 370 g/mol. The summed E-state index contributed by atoms with van der Waals surface area (Å²) in [5, 5.41) is 13.4. The van der Waals surface area contributed by atoms with Gasteiger partial charge in [0, 0.05) is 10.6 Å². The minimum atomic E-state index is -0.949. The summed E-state index contributed by atoms with van der Waals surface area (Å²) >= 11 is 2.37. The maximum Gasteiger partial charge on any atom is 0.307 e. The SMILES string of the molecule is N#Cc1ccsc1NC(=O)COC(=O)CCSc1ccc(F)c(F)c1. The van der Waals surface area contributed by atoms with E-state index in [1.54, 1.807) is 11.4 Å². The number of amides is 1. The maximum atomic E-state index is 13.0. The van der Waals surface area contributed by atoms with Crippen LogP contribution in [0, 0.1) is 23.0 Å². The van der Waals surface area contributed by atoms with Crippen LogP contribution in [0.15, 0.2) is 34.5 Å². The molecule has 0 aliphatic rings. The van der Waals surface area contributed by atoms with E-state index in [0.717, 1.165) is 12.1 Å². The van der Waals surface area contributed by atoms with Crippen LogP contribution in [0.2, 0.25) is 0 Å². The molecule has 0 saturated heterocycles. The Balaban J connectivity index is 1.69. The monoisotopic (exact) mass is 382 g/mol. The Hall–Kier alpha value is -2.44. The second kappa shape index (κ2) is 9.15. The fourth-order valence-corrected chi connectivity index (χ4v) is 3.30. The summed E-state index contributed by atoms with van der Waals surface area (Å²) in [6.45, 7) is -0.461. The highest BCUT2D eigenvalue weighted by molar-refractivity contribution is 7.99.